The smallest absolute Gasteiger partial charge is 0.262 e. The molecule has 0 aliphatic carbocycles. The average molecular weight is 418 g/mol. The maximum absolute atomic E-state index is 12.5. The second kappa shape index (κ2) is 10.8. The first-order valence-electron chi connectivity index (χ1n) is 10.3. The van der Waals surface area contributed by atoms with Crippen LogP contribution in [0, 0.1) is 0 Å². The van der Waals surface area contributed by atoms with E-state index in [0.717, 1.165) is 11.4 Å². The molecule has 0 aromatic heterocycles. The highest BCUT2D eigenvalue weighted by Crippen LogP contribution is 2.20. The molecule has 0 bridgehead atoms. The number of benzene rings is 3. The molecule has 0 atom stereocenters. The number of para-hydroxylation sites is 1. The molecule has 0 radical (unpaired) electrons. The van der Waals surface area contributed by atoms with E-state index in [9.17, 15) is 9.59 Å². The first-order chi connectivity index (χ1) is 15.1. The molecule has 3 aromatic carbocycles. The Kier molecular flexibility index (Phi) is 7.65. The maximum atomic E-state index is 12.5. The van der Waals surface area contributed by atoms with Crippen LogP contribution in [0.25, 0.3) is 0 Å². The van der Waals surface area contributed by atoms with Crippen molar-refractivity contribution in [3.63, 3.8) is 0 Å². The molecule has 6 nitrogen and oxygen atoms in total. The standard InChI is InChI=1S/C25H27N3O3/c1-3-28(4-2)25(30)19-9-8-12-22(17-19)27-24(29)18-31-23-15-13-21(14-16-23)26-20-10-6-5-7-11-20/h5-17,26H,3-4,18H2,1-2H3,(H,27,29). The van der Waals surface area contributed by atoms with Crippen molar-refractivity contribution in [3.8, 4) is 5.75 Å². The van der Waals surface area contributed by atoms with Crippen molar-refractivity contribution in [1.82, 2.24) is 4.90 Å². The maximum Gasteiger partial charge on any atom is 0.262 e. The SMILES string of the molecule is CCN(CC)C(=O)c1cccc(NC(=O)COc2ccc(Nc3ccccc3)cc2)c1. The van der Waals surface area contributed by atoms with E-state index in [-0.39, 0.29) is 18.4 Å². The van der Waals surface area contributed by atoms with E-state index in [1.165, 1.54) is 0 Å². The van der Waals surface area contributed by atoms with Crippen LogP contribution in [0.5, 0.6) is 5.75 Å². The van der Waals surface area contributed by atoms with Crippen LogP contribution in [-0.4, -0.2) is 36.4 Å². The number of amides is 2. The van der Waals surface area contributed by atoms with Gasteiger partial charge in [0.05, 0.1) is 0 Å². The third kappa shape index (κ3) is 6.34. The molecule has 3 aromatic rings. The van der Waals surface area contributed by atoms with Gasteiger partial charge in [-0.3, -0.25) is 9.59 Å². The second-order valence-corrected chi connectivity index (χ2v) is 6.91. The number of rotatable bonds is 9. The van der Waals surface area contributed by atoms with Gasteiger partial charge < -0.3 is 20.3 Å². The van der Waals surface area contributed by atoms with Gasteiger partial charge in [0.2, 0.25) is 0 Å². The predicted octanol–water partition coefficient (Wildman–Crippen LogP) is 4.93. The zero-order valence-electron chi connectivity index (χ0n) is 17.8. The Balaban J connectivity index is 1.52. The van der Waals surface area contributed by atoms with Crippen LogP contribution < -0.4 is 15.4 Å². The van der Waals surface area contributed by atoms with Crippen LogP contribution in [0.4, 0.5) is 17.1 Å². The molecule has 0 fully saturated rings. The van der Waals surface area contributed by atoms with Crippen molar-refractivity contribution in [1.29, 1.82) is 0 Å². The third-order valence-electron chi connectivity index (χ3n) is 4.73. The summed E-state index contributed by atoms with van der Waals surface area (Å²) in [6.07, 6.45) is 0. The molecular weight excluding hydrogens is 390 g/mol. The topological polar surface area (TPSA) is 70.7 Å². The first kappa shape index (κ1) is 21.9. The van der Waals surface area contributed by atoms with Gasteiger partial charge in [-0.25, -0.2) is 0 Å². The van der Waals surface area contributed by atoms with Gasteiger partial charge in [0.25, 0.3) is 11.8 Å². The molecule has 0 aliphatic rings. The summed E-state index contributed by atoms with van der Waals surface area (Å²) >= 11 is 0. The summed E-state index contributed by atoms with van der Waals surface area (Å²) in [6, 6.07) is 24.2. The number of hydrogen-bond donors (Lipinski definition) is 2. The molecular formula is C25H27N3O3. The number of anilines is 3. The zero-order chi connectivity index (χ0) is 22.1. The first-order valence-corrected chi connectivity index (χ1v) is 10.3. The van der Waals surface area contributed by atoms with Gasteiger partial charge in [0, 0.05) is 35.7 Å². The van der Waals surface area contributed by atoms with Crippen molar-refractivity contribution >= 4 is 28.9 Å². The Morgan fingerprint density at radius 1 is 0.806 bits per heavy atom. The Morgan fingerprint density at radius 2 is 1.45 bits per heavy atom. The molecule has 0 aliphatic heterocycles. The Morgan fingerprint density at radius 3 is 2.13 bits per heavy atom. The molecule has 6 heteroatoms. The van der Waals surface area contributed by atoms with Crippen LogP contribution in [0.2, 0.25) is 0 Å². The number of hydrogen-bond acceptors (Lipinski definition) is 4. The molecule has 160 valence electrons. The lowest BCUT2D eigenvalue weighted by molar-refractivity contribution is -0.118. The van der Waals surface area contributed by atoms with Gasteiger partial charge in [-0.1, -0.05) is 24.3 Å². The van der Waals surface area contributed by atoms with Crippen molar-refractivity contribution in [2.75, 3.05) is 30.3 Å². The molecule has 3 rings (SSSR count). The van der Waals surface area contributed by atoms with Gasteiger partial charge in [-0.15, -0.1) is 0 Å². The van der Waals surface area contributed by atoms with E-state index in [0.29, 0.717) is 30.1 Å². The number of carbonyl (C=O) groups excluding carboxylic acids is 2. The van der Waals surface area contributed by atoms with Crippen molar-refractivity contribution in [2.45, 2.75) is 13.8 Å². The summed E-state index contributed by atoms with van der Waals surface area (Å²) in [6.45, 7) is 5.03. The normalized spacial score (nSPS) is 10.3. The summed E-state index contributed by atoms with van der Waals surface area (Å²) < 4.78 is 5.58. The van der Waals surface area contributed by atoms with Crippen LogP contribution in [0.1, 0.15) is 24.2 Å². The van der Waals surface area contributed by atoms with Gasteiger partial charge in [-0.05, 0) is 68.4 Å². The minimum absolute atomic E-state index is 0.0541. The van der Waals surface area contributed by atoms with Crippen LogP contribution in [0.15, 0.2) is 78.9 Å². The zero-order valence-corrected chi connectivity index (χ0v) is 17.8. The Hall–Kier alpha value is -3.80. The summed E-state index contributed by atoms with van der Waals surface area (Å²) in [5, 5.41) is 6.07. The van der Waals surface area contributed by atoms with E-state index >= 15 is 0 Å². The molecule has 0 saturated carbocycles. The van der Waals surface area contributed by atoms with Crippen molar-refractivity contribution < 1.29 is 14.3 Å². The molecule has 0 heterocycles. The van der Waals surface area contributed by atoms with Gasteiger partial charge >= 0.3 is 0 Å². The van der Waals surface area contributed by atoms with E-state index in [1.807, 2.05) is 68.4 Å². The number of carbonyl (C=O) groups is 2. The number of nitrogens with one attached hydrogen (secondary N) is 2. The van der Waals surface area contributed by atoms with Gasteiger partial charge in [-0.2, -0.15) is 0 Å². The Bertz CT molecular complexity index is 1000. The fourth-order valence-electron chi connectivity index (χ4n) is 3.09. The minimum Gasteiger partial charge on any atom is -0.484 e. The molecule has 31 heavy (non-hydrogen) atoms. The van der Waals surface area contributed by atoms with Crippen LogP contribution >= 0.6 is 0 Å². The quantitative estimate of drug-likeness (QED) is 0.518. The second-order valence-electron chi connectivity index (χ2n) is 6.91. The lowest BCUT2D eigenvalue weighted by atomic mass is 10.1. The largest absolute Gasteiger partial charge is 0.484 e. The predicted molar refractivity (Wildman–Crippen MR) is 124 cm³/mol. The third-order valence-corrected chi connectivity index (χ3v) is 4.73. The van der Waals surface area contributed by atoms with Crippen molar-refractivity contribution in [2.24, 2.45) is 0 Å². The molecule has 2 N–H and O–H groups in total. The summed E-state index contributed by atoms with van der Waals surface area (Å²) in [5.74, 6) is 0.250. The van der Waals surface area contributed by atoms with Gasteiger partial charge in [0.1, 0.15) is 5.75 Å². The van der Waals surface area contributed by atoms with Crippen LogP contribution in [0.3, 0.4) is 0 Å². The summed E-state index contributed by atoms with van der Waals surface area (Å²) in [7, 11) is 0. The molecule has 0 unspecified atom stereocenters. The highest BCUT2D eigenvalue weighted by Gasteiger charge is 2.13. The van der Waals surface area contributed by atoms with E-state index < -0.39 is 0 Å². The summed E-state index contributed by atoms with van der Waals surface area (Å²) in [5.41, 5.74) is 3.04. The van der Waals surface area contributed by atoms with Crippen LogP contribution in [-0.2, 0) is 4.79 Å². The van der Waals surface area contributed by atoms with E-state index in [1.54, 1.807) is 29.2 Å². The lowest BCUT2D eigenvalue weighted by Gasteiger charge is -2.19. The highest BCUT2D eigenvalue weighted by molar-refractivity contribution is 5.97. The minimum atomic E-state index is -0.293. The highest BCUT2D eigenvalue weighted by atomic mass is 16.5. The number of ether oxygens (including phenoxy) is 1. The average Bonchev–Trinajstić information content (AvgIpc) is 2.80. The molecule has 2 amide bonds. The number of nitrogens with zero attached hydrogens (tertiary/aromatic N) is 1. The fourth-order valence-corrected chi connectivity index (χ4v) is 3.09. The van der Waals surface area contributed by atoms with Gasteiger partial charge in [0.15, 0.2) is 6.61 Å². The van der Waals surface area contributed by atoms with Crippen molar-refractivity contribution in [3.05, 3.63) is 84.4 Å². The monoisotopic (exact) mass is 417 g/mol. The summed E-state index contributed by atoms with van der Waals surface area (Å²) in [4.78, 5) is 26.5. The molecule has 0 spiro atoms. The lowest BCUT2D eigenvalue weighted by Crippen LogP contribution is -2.30. The fraction of sp³-hybridized carbons (Fsp3) is 0.200. The molecule has 0 saturated heterocycles. The van der Waals surface area contributed by atoms with E-state index in [4.69, 9.17) is 4.74 Å². The van der Waals surface area contributed by atoms with E-state index in [2.05, 4.69) is 10.6 Å². The Labute approximate surface area is 182 Å².